The molecule has 5 aromatic rings. The van der Waals surface area contributed by atoms with Crippen LogP contribution in [0.1, 0.15) is 99.2 Å². The fourth-order valence-corrected chi connectivity index (χ4v) is 8.28. The number of Topliss-reactive ketones (excluding diaryl/α,β-unsaturated/α-hetero) is 1. The SMILES string of the molecule is CCCCCCCCC(=O)c1ccc(O)c(C(O)c2ccccc2-c2ccc(Sc3ccc(OCCCC)cc3)c(S(=O)(=O)Oc3ccccc3)c2)c1. The van der Waals surface area contributed by atoms with E-state index in [-0.39, 0.29) is 27.7 Å². The van der Waals surface area contributed by atoms with E-state index in [9.17, 15) is 23.4 Å². The minimum absolute atomic E-state index is 0.0396. The van der Waals surface area contributed by atoms with E-state index in [0.29, 0.717) is 40.2 Å². The molecule has 1 atom stereocenters. The molecule has 0 fully saturated rings. The number of carbonyl (C=O) groups excluding carboxylic acids is 1. The molecular formula is C44H48O7S2. The van der Waals surface area contributed by atoms with Crippen molar-refractivity contribution in [3.8, 4) is 28.4 Å². The van der Waals surface area contributed by atoms with E-state index in [1.165, 1.54) is 30.7 Å². The third kappa shape index (κ3) is 11.0. The maximum Gasteiger partial charge on any atom is 0.340 e. The summed E-state index contributed by atoms with van der Waals surface area (Å²) in [5, 5.41) is 22.6. The quantitative estimate of drug-likeness (QED) is 0.0459. The maximum absolute atomic E-state index is 14.0. The van der Waals surface area contributed by atoms with Gasteiger partial charge in [0.05, 0.1) is 6.61 Å². The second-order valence-corrected chi connectivity index (χ2v) is 15.6. The number of aliphatic hydroxyl groups excluding tert-OH is 1. The molecule has 0 saturated heterocycles. The molecular weight excluding hydrogens is 705 g/mol. The predicted octanol–water partition coefficient (Wildman–Crippen LogP) is 11.2. The third-order valence-electron chi connectivity index (χ3n) is 8.95. The van der Waals surface area contributed by atoms with E-state index in [2.05, 4.69) is 13.8 Å². The molecule has 2 N–H and O–H groups in total. The van der Waals surface area contributed by atoms with Gasteiger partial charge in [-0.2, -0.15) is 8.42 Å². The lowest BCUT2D eigenvalue weighted by Crippen LogP contribution is -2.11. The summed E-state index contributed by atoms with van der Waals surface area (Å²) < 4.78 is 39.3. The number of carbonyl (C=O) groups is 1. The van der Waals surface area contributed by atoms with Crippen LogP contribution in [0.4, 0.5) is 0 Å². The summed E-state index contributed by atoms with van der Waals surface area (Å²) in [6.45, 7) is 4.90. The van der Waals surface area contributed by atoms with Gasteiger partial charge in [-0.25, -0.2) is 0 Å². The summed E-state index contributed by atoms with van der Waals surface area (Å²) in [5.41, 5.74) is 2.14. The van der Waals surface area contributed by atoms with Crippen LogP contribution < -0.4 is 8.92 Å². The molecule has 278 valence electrons. The van der Waals surface area contributed by atoms with Gasteiger partial charge in [0.1, 0.15) is 28.2 Å². The number of para-hydroxylation sites is 1. The maximum atomic E-state index is 14.0. The zero-order chi connectivity index (χ0) is 37.6. The average Bonchev–Trinajstić information content (AvgIpc) is 3.17. The van der Waals surface area contributed by atoms with Crippen molar-refractivity contribution in [1.82, 2.24) is 0 Å². The highest BCUT2D eigenvalue weighted by Gasteiger charge is 2.25. The number of aromatic hydroxyl groups is 1. The summed E-state index contributed by atoms with van der Waals surface area (Å²) in [4.78, 5) is 14.3. The molecule has 0 bridgehead atoms. The van der Waals surface area contributed by atoms with Crippen molar-refractivity contribution in [2.45, 2.75) is 92.4 Å². The molecule has 5 aromatic carbocycles. The Morgan fingerprint density at radius 1 is 0.717 bits per heavy atom. The normalized spacial score (nSPS) is 12.0. The van der Waals surface area contributed by atoms with E-state index < -0.39 is 16.2 Å². The smallest absolute Gasteiger partial charge is 0.340 e. The second kappa shape index (κ2) is 19.5. The van der Waals surface area contributed by atoms with Gasteiger partial charge in [-0.1, -0.05) is 113 Å². The van der Waals surface area contributed by atoms with Crippen LogP contribution in [0.15, 0.2) is 130 Å². The fourth-order valence-electron chi connectivity index (χ4n) is 5.99. The zero-order valence-electron chi connectivity index (χ0n) is 30.4. The first-order valence-corrected chi connectivity index (χ1v) is 20.6. The molecule has 0 aromatic heterocycles. The summed E-state index contributed by atoms with van der Waals surface area (Å²) in [7, 11) is -4.32. The Bertz CT molecular complexity index is 2040. The van der Waals surface area contributed by atoms with Gasteiger partial charge in [-0.15, -0.1) is 0 Å². The van der Waals surface area contributed by atoms with Crippen molar-refractivity contribution in [2.75, 3.05) is 6.61 Å². The number of phenolic OH excluding ortho intramolecular Hbond substituents is 1. The number of hydrogen-bond donors (Lipinski definition) is 2. The standard InChI is InChI=1S/C44H48O7S2/c1-3-5-7-8-9-13-20-40(45)33-21-27-41(46)39(30-33)44(47)38-19-15-14-18-37(38)32-22-28-42(52-36-25-23-34(24-26-36)50-29-6-4-2)43(31-32)53(48,49)51-35-16-11-10-12-17-35/h10-12,14-19,21-28,30-31,44,46-47H,3-9,13,20,29H2,1-2H3. The van der Waals surface area contributed by atoms with Crippen LogP contribution in [0.5, 0.6) is 17.2 Å². The van der Waals surface area contributed by atoms with Crippen molar-refractivity contribution in [2.24, 2.45) is 0 Å². The summed E-state index contributed by atoms with van der Waals surface area (Å²) in [5.74, 6) is 0.741. The largest absolute Gasteiger partial charge is 0.508 e. The van der Waals surface area contributed by atoms with E-state index in [0.717, 1.165) is 49.2 Å². The van der Waals surface area contributed by atoms with Crippen LogP contribution in [0.2, 0.25) is 0 Å². The molecule has 0 spiro atoms. The minimum atomic E-state index is -4.32. The fraction of sp³-hybridized carbons (Fsp3) is 0.295. The Kier molecular flexibility index (Phi) is 14.6. The zero-order valence-corrected chi connectivity index (χ0v) is 32.0. The van der Waals surface area contributed by atoms with E-state index >= 15 is 0 Å². The molecule has 1 unspecified atom stereocenters. The van der Waals surface area contributed by atoms with Crippen LogP contribution in [0, 0.1) is 0 Å². The molecule has 53 heavy (non-hydrogen) atoms. The molecule has 5 rings (SSSR count). The van der Waals surface area contributed by atoms with Crippen LogP contribution in [-0.2, 0) is 10.1 Å². The number of aliphatic hydroxyl groups is 1. The second-order valence-electron chi connectivity index (χ2n) is 13.0. The van der Waals surface area contributed by atoms with Gasteiger partial charge >= 0.3 is 10.1 Å². The number of ether oxygens (including phenoxy) is 1. The minimum Gasteiger partial charge on any atom is -0.508 e. The van der Waals surface area contributed by atoms with Gasteiger partial charge in [0.25, 0.3) is 0 Å². The molecule has 0 amide bonds. The lowest BCUT2D eigenvalue weighted by molar-refractivity contribution is 0.0978. The first-order chi connectivity index (χ1) is 25.7. The number of unbranched alkanes of at least 4 members (excludes halogenated alkanes) is 6. The molecule has 0 radical (unpaired) electrons. The van der Waals surface area contributed by atoms with Crippen molar-refractivity contribution in [3.63, 3.8) is 0 Å². The van der Waals surface area contributed by atoms with Gasteiger partial charge in [0, 0.05) is 27.3 Å². The molecule has 0 saturated carbocycles. The van der Waals surface area contributed by atoms with E-state index in [1.54, 1.807) is 84.9 Å². The van der Waals surface area contributed by atoms with E-state index in [1.807, 2.05) is 24.3 Å². The molecule has 9 heteroatoms. The van der Waals surface area contributed by atoms with Crippen LogP contribution in [-0.4, -0.2) is 31.0 Å². The lowest BCUT2D eigenvalue weighted by atomic mass is 9.91. The monoisotopic (exact) mass is 752 g/mol. The first-order valence-electron chi connectivity index (χ1n) is 18.4. The Balaban J connectivity index is 1.46. The number of hydrogen-bond acceptors (Lipinski definition) is 8. The molecule has 0 heterocycles. The number of phenols is 1. The topological polar surface area (TPSA) is 110 Å². The highest BCUT2D eigenvalue weighted by atomic mass is 32.2. The summed E-state index contributed by atoms with van der Waals surface area (Å²) in [6, 6.07) is 32.6. The highest BCUT2D eigenvalue weighted by Crippen LogP contribution is 2.40. The van der Waals surface area contributed by atoms with Gasteiger partial charge in [0.15, 0.2) is 5.78 Å². The average molecular weight is 753 g/mol. The number of ketones is 1. The summed E-state index contributed by atoms with van der Waals surface area (Å²) in [6.07, 6.45) is 7.47. The Hall–Kier alpha value is -4.57. The van der Waals surface area contributed by atoms with Crippen molar-refractivity contribution < 1.29 is 32.3 Å². The number of rotatable bonds is 20. The Morgan fingerprint density at radius 2 is 1.42 bits per heavy atom. The lowest BCUT2D eigenvalue weighted by Gasteiger charge is -2.19. The van der Waals surface area contributed by atoms with Crippen molar-refractivity contribution >= 4 is 27.7 Å². The molecule has 0 aliphatic rings. The summed E-state index contributed by atoms with van der Waals surface area (Å²) >= 11 is 1.29. The Labute approximate surface area is 318 Å². The van der Waals surface area contributed by atoms with E-state index in [4.69, 9.17) is 8.92 Å². The van der Waals surface area contributed by atoms with Crippen LogP contribution in [0.25, 0.3) is 11.1 Å². The predicted molar refractivity (Wildman–Crippen MR) is 212 cm³/mol. The Morgan fingerprint density at radius 3 is 2.17 bits per heavy atom. The van der Waals surface area contributed by atoms with Gasteiger partial charge in [-0.3, -0.25) is 4.79 Å². The first kappa shape index (κ1) is 39.6. The molecule has 7 nitrogen and oxygen atoms in total. The van der Waals surface area contributed by atoms with Gasteiger partial charge < -0.3 is 19.1 Å². The van der Waals surface area contributed by atoms with Gasteiger partial charge in [-0.05, 0) is 96.3 Å². The van der Waals surface area contributed by atoms with Gasteiger partial charge in [0.2, 0.25) is 0 Å². The van der Waals surface area contributed by atoms with Crippen molar-refractivity contribution in [1.29, 1.82) is 0 Å². The van der Waals surface area contributed by atoms with Crippen LogP contribution >= 0.6 is 11.8 Å². The van der Waals surface area contributed by atoms with Crippen LogP contribution in [0.3, 0.4) is 0 Å². The highest BCUT2D eigenvalue weighted by molar-refractivity contribution is 8.00. The van der Waals surface area contributed by atoms with Crippen molar-refractivity contribution in [3.05, 3.63) is 132 Å². The number of benzene rings is 5. The molecule has 0 aliphatic carbocycles. The molecule has 0 aliphatic heterocycles. The third-order valence-corrected chi connectivity index (χ3v) is 11.4.